The lowest BCUT2D eigenvalue weighted by molar-refractivity contribution is 0.256. The van der Waals surface area contributed by atoms with Crippen molar-refractivity contribution >= 4 is 6.08 Å². The highest BCUT2D eigenvalue weighted by Crippen LogP contribution is 2.31. The van der Waals surface area contributed by atoms with E-state index in [0.29, 0.717) is 11.8 Å². The van der Waals surface area contributed by atoms with Crippen molar-refractivity contribution in [3.63, 3.8) is 0 Å². The maximum absolute atomic E-state index is 5.90. The number of rotatable bonds is 11. The molecule has 0 aromatic heterocycles. The number of benzene rings is 3. The SMILES string of the molecule is C=Cc1cc(-c2ccc(OC[C@@H](C)CC)cc2)ccc1-c1ccc(OC[C@@H](C)CC)cc1. The van der Waals surface area contributed by atoms with Crippen LogP contribution >= 0.6 is 0 Å². The van der Waals surface area contributed by atoms with Crippen LogP contribution in [0.25, 0.3) is 28.3 Å². The van der Waals surface area contributed by atoms with Gasteiger partial charge in [0.25, 0.3) is 0 Å². The molecule has 0 aliphatic carbocycles. The van der Waals surface area contributed by atoms with Crippen LogP contribution in [0.4, 0.5) is 0 Å². The molecule has 2 nitrogen and oxygen atoms in total. The molecule has 3 aromatic rings. The third kappa shape index (κ3) is 6.26. The minimum absolute atomic E-state index is 0.565. The van der Waals surface area contributed by atoms with E-state index in [9.17, 15) is 0 Å². The zero-order chi connectivity index (χ0) is 22.9. The van der Waals surface area contributed by atoms with Crippen LogP contribution in [0.1, 0.15) is 46.1 Å². The van der Waals surface area contributed by atoms with Crippen molar-refractivity contribution < 1.29 is 9.47 Å². The van der Waals surface area contributed by atoms with E-state index in [2.05, 4.69) is 101 Å². The minimum Gasteiger partial charge on any atom is -0.493 e. The molecule has 0 amide bonds. The van der Waals surface area contributed by atoms with Crippen LogP contribution < -0.4 is 9.47 Å². The van der Waals surface area contributed by atoms with Gasteiger partial charge < -0.3 is 9.47 Å². The lowest BCUT2D eigenvalue weighted by Crippen LogP contribution is -2.07. The second-order valence-corrected chi connectivity index (χ2v) is 8.70. The smallest absolute Gasteiger partial charge is 0.119 e. The Morgan fingerprint density at radius 1 is 0.688 bits per heavy atom. The van der Waals surface area contributed by atoms with Crippen molar-refractivity contribution in [1.82, 2.24) is 0 Å². The Morgan fingerprint density at radius 3 is 1.62 bits per heavy atom. The van der Waals surface area contributed by atoms with Crippen LogP contribution in [0.15, 0.2) is 73.3 Å². The van der Waals surface area contributed by atoms with Gasteiger partial charge in [0.1, 0.15) is 11.5 Å². The molecule has 32 heavy (non-hydrogen) atoms. The molecule has 0 bridgehead atoms. The highest BCUT2D eigenvalue weighted by atomic mass is 16.5. The molecular weight excluding hydrogens is 392 g/mol. The van der Waals surface area contributed by atoms with Gasteiger partial charge in [-0.3, -0.25) is 0 Å². The molecule has 0 saturated heterocycles. The minimum atomic E-state index is 0.565. The normalized spacial score (nSPS) is 12.8. The van der Waals surface area contributed by atoms with E-state index in [0.717, 1.165) is 48.7 Å². The summed E-state index contributed by atoms with van der Waals surface area (Å²) < 4.78 is 11.8. The quantitative estimate of drug-likeness (QED) is 0.305. The van der Waals surface area contributed by atoms with Crippen molar-refractivity contribution in [3.05, 3.63) is 78.9 Å². The van der Waals surface area contributed by atoms with Crippen molar-refractivity contribution in [1.29, 1.82) is 0 Å². The van der Waals surface area contributed by atoms with Crippen LogP contribution in [-0.4, -0.2) is 13.2 Å². The Morgan fingerprint density at radius 2 is 1.16 bits per heavy atom. The van der Waals surface area contributed by atoms with E-state index in [-0.39, 0.29) is 0 Å². The molecular formula is C30H36O2. The summed E-state index contributed by atoms with van der Waals surface area (Å²) in [5.41, 5.74) is 5.80. The third-order valence-corrected chi connectivity index (χ3v) is 6.09. The van der Waals surface area contributed by atoms with Gasteiger partial charge >= 0.3 is 0 Å². The van der Waals surface area contributed by atoms with Crippen molar-refractivity contribution in [2.45, 2.75) is 40.5 Å². The van der Waals surface area contributed by atoms with E-state index in [1.165, 1.54) is 16.7 Å². The highest BCUT2D eigenvalue weighted by molar-refractivity contribution is 5.79. The first-order valence-electron chi connectivity index (χ1n) is 11.8. The topological polar surface area (TPSA) is 18.5 Å². The molecule has 0 unspecified atom stereocenters. The average molecular weight is 429 g/mol. The Balaban J connectivity index is 1.74. The van der Waals surface area contributed by atoms with Crippen molar-refractivity contribution in [2.24, 2.45) is 11.8 Å². The van der Waals surface area contributed by atoms with Crippen LogP contribution in [0.5, 0.6) is 11.5 Å². The fraction of sp³-hybridized carbons (Fsp3) is 0.333. The van der Waals surface area contributed by atoms with Gasteiger partial charge in [-0.15, -0.1) is 0 Å². The Hall–Kier alpha value is -3.00. The van der Waals surface area contributed by atoms with Crippen molar-refractivity contribution in [3.8, 4) is 33.8 Å². The summed E-state index contributed by atoms with van der Waals surface area (Å²) in [6.07, 6.45) is 4.18. The third-order valence-electron chi connectivity index (χ3n) is 6.09. The first kappa shape index (κ1) is 23.7. The highest BCUT2D eigenvalue weighted by Gasteiger charge is 2.08. The second-order valence-electron chi connectivity index (χ2n) is 8.70. The molecule has 3 rings (SSSR count). The molecule has 168 valence electrons. The lowest BCUT2D eigenvalue weighted by Gasteiger charge is -2.13. The van der Waals surface area contributed by atoms with E-state index in [4.69, 9.17) is 9.47 Å². The summed E-state index contributed by atoms with van der Waals surface area (Å²) in [6, 6.07) is 23.2. The molecule has 2 heteroatoms. The van der Waals surface area contributed by atoms with E-state index in [1.807, 2.05) is 6.08 Å². The molecule has 0 heterocycles. The van der Waals surface area contributed by atoms with Gasteiger partial charge in [-0.2, -0.15) is 0 Å². The predicted octanol–water partition coefficient (Wildman–Crippen LogP) is 8.51. The van der Waals surface area contributed by atoms with Crippen LogP contribution in [-0.2, 0) is 0 Å². The molecule has 0 fully saturated rings. The van der Waals surface area contributed by atoms with Gasteiger partial charge in [0, 0.05) is 0 Å². The molecule has 2 atom stereocenters. The standard InChI is InChI=1S/C30H36O2/c1-6-22(4)20-31-28-14-9-25(10-15-28)27-13-18-30(24(8-3)19-27)26-11-16-29(17-12-26)32-21-23(5)7-2/h8-19,22-23H,3,6-7,20-21H2,1-2,4-5H3/t22-,23-/m0/s1. The summed E-state index contributed by atoms with van der Waals surface area (Å²) in [5.74, 6) is 2.97. The average Bonchev–Trinajstić information content (AvgIpc) is 2.86. The molecule has 0 radical (unpaired) electrons. The van der Waals surface area contributed by atoms with Gasteiger partial charge in [0.05, 0.1) is 13.2 Å². The molecule has 0 aliphatic rings. The molecule has 0 N–H and O–H groups in total. The van der Waals surface area contributed by atoms with Gasteiger partial charge in [-0.05, 0) is 70.0 Å². The summed E-state index contributed by atoms with van der Waals surface area (Å²) in [5, 5.41) is 0. The van der Waals surface area contributed by atoms with Crippen LogP contribution in [0, 0.1) is 11.8 Å². The summed E-state index contributed by atoms with van der Waals surface area (Å²) in [6.45, 7) is 14.3. The summed E-state index contributed by atoms with van der Waals surface area (Å²) in [7, 11) is 0. The fourth-order valence-corrected chi connectivity index (χ4v) is 3.36. The Bertz CT molecular complexity index is 986. The van der Waals surface area contributed by atoms with E-state index < -0.39 is 0 Å². The maximum Gasteiger partial charge on any atom is 0.119 e. The monoisotopic (exact) mass is 428 g/mol. The number of ether oxygens (including phenoxy) is 2. The second kappa shape index (κ2) is 11.6. The largest absolute Gasteiger partial charge is 0.493 e. The van der Waals surface area contributed by atoms with Crippen LogP contribution in [0.2, 0.25) is 0 Å². The first-order chi connectivity index (χ1) is 15.5. The molecule has 3 aromatic carbocycles. The van der Waals surface area contributed by atoms with Gasteiger partial charge in [0.2, 0.25) is 0 Å². The zero-order valence-electron chi connectivity index (χ0n) is 19.9. The number of hydrogen-bond donors (Lipinski definition) is 0. The Labute approximate surface area is 193 Å². The maximum atomic E-state index is 5.90. The number of hydrogen-bond acceptors (Lipinski definition) is 2. The van der Waals surface area contributed by atoms with Crippen molar-refractivity contribution in [2.75, 3.05) is 13.2 Å². The van der Waals surface area contributed by atoms with E-state index in [1.54, 1.807) is 0 Å². The fourth-order valence-electron chi connectivity index (χ4n) is 3.36. The zero-order valence-corrected chi connectivity index (χ0v) is 19.9. The van der Waals surface area contributed by atoms with Crippen LogP contribution in [0.3, 0.4) is 0 Å². The van der Waals surface area contributed by atoms with Gasteiger partial charge in [-0.25, -0.2) is 0 Å². The summed E-state index contributed by atoms with van der Waals surface area (Å²) >= 11 is 0. The molecule has 0 spiro atoms. The predicted molar refractivity (Wildman–Crippen MR) is 137 cm³/mol. The lowest BCUT2D eigenvalue weighted by atomic mass is 9.95. The van der Waals surface area contributed by atoms with Gasteiger partial charge in [-0.1, -0.05) is 89.6 Å². The molecule has 0 saturated carbocycles. The first-order valence-corrected chi connectivity index (χ1v) is 11.8. The molecule has 0 aliphatic heterocycles. The Kier molecular flexibility index (Phi) is 8.56. The van der Waals surface area contributed by atoms with Gasteiger partial charge in [0.15, 0.2) is 0 Å². The summed E-state index contributed by atoms with van der Waals surface area (Å²) in [4.78, 5) is 0. The van der Waals surface area contributed by atoms with E-state index >= 15 is 0 Å².